The first kappa shape index (κ1) is 17.0. The Bertz CT molecular complexity index is 975. The second kappa shape index (κ2) is 5.69. The number of esters is 1. The van der Waals surface area contributed by atoms with E-state index < -0.39 is 5.41 Å². The lowest BCUT2D eigenvalue weighted by molar-refractivity contribution is -0.183. The van der Waals surface area contributed by atoms with Crippen molar-refractivity contribution in [2.24, 2.45) is 18.4 Å². The average Bonchev–Trinajstić information content (AvgIpc) is 3.00. The number of piperidine rings is 3. The van der Waals surface area contributed by atoms with E-state index in [9.17, 15) is 9.90 Å². The minimum atomic E-state index is -0.875. The molecule has 0 saturated carbocycles. The Morgan fingerprint density at radius 3 is 2.89 bits per heavy atom. The van der Waals surface area contributed by atoms with E-state index in [1.54, 1.807) is 0 Å². The van der Waals surface area contributed by atoms with E-state index in [0.29, 0.717) is 0 Å². The third-order valence-corrected chi connectivity index (χ3v) is 7.46. The Labute approximate surface area is 159 Å². The Morgan fingerprint density at radius 1 is 1.41 bits per heavy atom. The van der Waals surface area contributed by atoms with Gasteiger partial charge in [0.25, 0.3) is 0 Å². The van der Waals surface area contributed by atoms with E-state index in [4.69, 9.17) is 4.74 Å². The molecule has 0 aliphatic carbocycles. The van der Waals surface area contributed by atoms with Crippen LogP contribution in [0.2, 0.25) is 0 Å². The summed E-state index contributed by atoms with van der Waals surface area (Å²) in [6.07, 6.45) is 3.75. The Balaban J connectivity index is 1.76. The molecule has 142 valence electrons. The molecule has 4 aliphatic rings. The van der Waals surface area contributed by atoms with Crippen molar-refractivity contribution in [3.8, 4) is 0 Å². The molecule has 0 spiro atoms. The van der Waals surface area contributed by atoms with Crippen LogP contribution in [-0.4, -0.2) is 46.8 Å². The predicted molar refractivity (Wildman–Crippen MR) is 103 cm³/mol. The summed E-state index contributed by atoms with van der Waals surface area (Å²) in [5.41, 5.74) is 4.34. The van der Waals surface area contributed by atoms with Gasteiger partial charge in [-0.25, -0.2) is 0 Å². The fourth-order valence-corrected chi connectivity index (χ4v) is 6.27. The number of aliphatic hydroxyl groups excluding tert-OH is 1. The Kier molecular flexibility index (Phi) is 3.59. The van der Waals surface area contributed by atoms with Gasteiger partial charge in [-0.2, -0.15) is 0 Å². The van der Waals surface area contributed by atoms with Gasteiger partial charge in [-0.05, 0) is 31.4 Å². The van der Waals surface area contributed by atoms with Gasteiger partial charge in [-0.15, -0.1) is 0 Å². The maximum atomic E-state index is 13.0. The van der Waals surface area contributed by atoms with E-state index in [0.717, 1.165) is 19.4 Å². The number of rotatable bonds is 2. The van der Waals surface area contributed by atoms with Crippen LogP contribution in [0.15, 0.2) is 35.9 Å². The highest BCUT2D eigenvalue weighted by Crippen LogP contribution is 2.60. The summed E-state index contributed by atoms with van der Waals surface area (Å²) < 4.78 is 7.58. The first-order valence-electron chi connectivity index (χ1n) is 9.74. The van der Waals surface area contributed by atoms with Crippen molar-refractivity contribution in [2.75, 3.05) is 20.3 Å². The highest BCUT2D eigenvalue weighted by Gasteiger charge is 2.65. The highest BCUT2D eigenvalue weighted by molar-refractivity contribution is 5.87. The number of carbonyl (C=O) groups is 1. The van der Waals surface area contributed by atoms with Crippen LogP contribution in [0.25, 0.3) is 10.9 Å². The molecule has 3 fully saturated rings. The molecule has 2 aromatic rings. The van der Waals surface area contributed by atoms with Crippen molar-refractivity contribution in [3.63, 3.8) is 0 Å². The molecule has 6 rings (SSSR count). The fourth-order valence-electron chi connectivity index (χ4n) is 6.27. The van der Waals surface area contributed by atoms with Crippen molar-refractivity contribution in [3.05, 3.63) is 47.2 Å². The number of hydrogen-bond acceptors (Lipinski definition) is 4. The SMILES string of the molecule is C/C=C1\CN2C3Cc4c(n(C)c5ccccc45)[C@@H]2C[C@@H]1C3(CO)C(=O)OC. The minimum Gasteiger partial charge on any atom is -0.468 e. The van der Waals surface area contributed by atoms with Crippen LogP contribution in [0.3, 0.4) is 0 Å². The standard InChI is InChI=1S/C22H26N2O3/c1-4-13-11-24-18-10-16(13)22(12-25,21(26)27-3)19(24)9-15-14-7-5-6-8-17(14)23(2)20(15)18/h4-8,16,18-19,25H,9-12H2,1-3H3/b13-4+/t16-,18-,19?,22?/m0/s1. The summed E-state index contributed by atoms with van der Waals surface area (Å²) in [6, 6.07) is 8.77. The number of nitrogens with zero attached hydrogens (tertiary/aromatic N) is 2. The van der Waals surface area contributed by atoms with Crippen molar-refractivity contribution >= 4 is 16.9 Å². The molecule has 5 heteroatoms. The van der Waals surface area contributed by atoms with Crippen LogP contribution in [-0.2, 0) is 23.0 Å². The van der Waals surface area contributed by atoms with E-state index in [1.807, 2.05) is 6.92 Å². The number of aromatic nitrogens is 1. The van der Waals surface area contributed by atoms with Gasteiger partial charge in [-0.3, -0.25) is 9.69 Å². The lowest BCUT2D eigenvalue weighted by atomic mass is 9.55. The molecule has 1 aromatic heterocycles. The highest BCUT2D eigenvalue weighted by atomic mass is 16.5. The van der Waals surface area contributed by atoms with Crippen LogP contribution in [0.4, 0.5) is 0 Å². The molecule has 5 heterocycles. The lowest BCUT2D eigenvalue weighted by Crippen LogP contribution is -2.69. The number of methoxy groups -OCH3 is 1. The van der Waals surface area contributed by atoms with Gasteiger partial charge in [0.05, 0.1) is 19.8 Å². The second-order valence-electron chi connectivity index (χ2n) is 8.19. The van der Waals surface area contributed by atoms with Crippen LogP contribution >= 0.6 is 0 Å². The van der Waals surface area contributed by atoms with Crippen LogP contribution in [0, 0.1) is 11.3 Å². The van der Waals surface area contributed by atoms with Crippen molar-refractivity contribution in [1.82, 2.24) is 9.47 Å². The van der Waals surface area contributed by atoms with Gasteiger partial charge in [-0.1, -0.05) is 29.8 Å². The van der Waals surface area contributed by atoms with Crippen molar-refractivity contribution in [2.45, 2.75) is 31.8 Å². The second-order valence-corrected chi connectivity index (χ2v) is 8.19. The largest absolute Gasteiger partial charge is 0.468 e. The van der Waals surface area contributed by atoms with Crippen LogP contribution in [0.5, 0.6) is 0 Å². The van der Waals surface area contributed by atoms with Gasteiger partial charge >= 0.3 is 5.97 Å². The molecular formula is C22H26N2O3. The molecule has 1 N–H and O–H groups in total. The maximum Gasteiger partial charge on any atom is 0.316 e. The number of hydrogen-bond donors (Lipinski definition) is 1. The quantitative estimate of drug-likeness (QED) is 0.656. The van der Waals surface area contributed by atoms with E-state index in [2.05, 4.69) is 46.9 Å². The van der Waals surface area contributed by atoms with Crippen LogP contribution in [0.1, 0.15) is 30.6 Å². The van der Waals surface area contributed by atoms with Gasteiger partial charge in [0.1, 0.15) is 5.41 Å². The summed E-state index contributed by atoms with van der Waals surface area (Å²) in [4.78, 5) is 15.5. The molecule has 5 nitrogen and oxygen atoms in total. The Hall–Kier alpha value is -2.11. The Morgan fingerprint density at radius 2 is 2.19 bits per heavy atom. The zero-order chi connectivity index (χ0) is 18.9. The first-order chi connectivity index (χ1) is 13.1. The zero-order valence-electron chi connectivity index (χ0n) is 16.1. The van der Waals surface area contributed by atoms with Gasteiger partial charge in [0.15, 0.2) is 0 Å². The van der Waals surface area contributed by atoms with Gasteiger partial charge in [0, 0.05) is 42.1 Å². The van der Waals surface area contributed by atoms with E-state index in [1.165, 1.54) is 34.8 Å². The monoisotopic (exact) mass is 366 g/mol. The average molecular weight is 366 g/mol. The summed E-state index contributed by atoms with van der Waals surface area (Å²) in [5, 5.41) is 11.8. The number of benzene rings is 1. The third-order valence-electron chi connectivity index (χ3n) is 7.46. The number of aryl methyl sites for hydroxylation is 1. The summed E-state index contributed by atoms with van der Waals surface area (Å²) >= 11 is 0. The fraction of sp³-hybridized carbons (Fsp3) is 0.500. The number of fused-ring (bicyclic) bond motifs is 4. The topological polar surface area (TPSA) is 54.7 Å². The summed E-state index contributed by atoms with van der Waals surface area (Å²) in [6.45, 7) is 2.74. The number of ether oxygens (including phenoxy) is 1. The van der Waals surface area contributed by atoms with Crippen molar-refractivity contribution in [1.29, 1.82) is 0 Å². The molecule has 5 atom stereocenters. The molecule has 3 saturated heterocycles. The molecule has 3 unspecified atom stereocenters. The molecule has 1 aromatic carbocycles. The number of para-hydroxylation sites is 1. The molecule has 0 radical (unpaired) electrons. The van der Waals surface area contributed by atoms with Crippen LogP contribution < -0.4 is 0 Å². The van der Waals surface area contributed by atoms with Gasteiger partial charge in [0.2, 0.25) is 0 Å². The molecule has 4 bridgehead atoms. The normalized spacial score (nSPS) is 35.5. The molecule has 27 heavy (non-hydrogen) atoms. The van der Waals surface area contributed by atoms with Gasteiger partial charge < -0.3 is 14.4 Å². The molecule has 0 amide bonds. The molecule has 4 aliphatic heterocycles. The number of aliphatic hydroxyl groups is 1. The summed E-state index contributed by atoms with van der Waals surface area (Å²) in [7, 11) is 3.59. The van der Waals surface area contributed by atoms with E-state index >= 15 is 0 Å². The zero-order valence-corrected chi connectivity index (χ0v) is 16.1. The third kappa shape index (κ3) is 1.89. The minimum absolute atomic E-state index is 0.0271. The predicted octanol–water partition coefficient (Wildman–Crippen LogP) is 2.58. The lowest BCUT2D eigenvalue weighted by Gasteiger charge is -2.62. The smallest absolute Gasteiger partial charge is 0.316 e. The number of carbonyl (C=O) groups excluding carboxylic acids is 1. The molecular weight excluding hydrogens is 340 g/mol. The summed E-state index contributed by atoms with van der Waals surface area (Å²) in [5.74, 6) is -0.239. The van der Waals surface area contributed by atoms with E-state index in [-0.39, 0.29) is 30.6 Å². The van der Waals surface area contributed by atoms with Crippen molar-refractivity contribution < 1.29 is 14.6 Å². The maximum absolute atomic E-state index is 13.0. The number of allylic oxidation sites excluding steroid dienone is 1. The first-order valence-corrected chi connectivity index (χ1v) is 9.74.